The Morgan fingerprint density at radius 3 is 2.12 bits per heavy atom. The molecule has 0 fully saturated rings. The summed E-state index contributed by atoms with van der Waals surface area (Å²) in [7, 11) is 0.167. The van der Waals surface area contributed by atoms with Gasteiger partial charge in [-0.25, -0.2) is 8.42 Å². The van der Waals surface area contributed by atoms with Crippen molar-refractivity contribution in [2.24, 2.45) is 0 Å². The fourth-order valence-corrected chi connectivity index (χ4v) is 3.79. The Hall–Kier alpha value is -2.94. The molecule has 1 heterocycles. The van der Waals surface area contributed by atoms with E-state index < -0.39 is 10.0 Å². The van der Waals surface area contributed by atoms with E-state index >= 15 is 0 Å². The van der Waals surface area contributed by atoms with Crippen molar-refractivity contribution in [3.8, 4) is 17.2 Å². The van der Waals surface area contributed by atoms with E-state index in [1.165, 1.54) is 33.5 Å². The van der Waals surface area contributed by atoms with Crippen LogP contribution in [-0.4, -0.2) is 34.9 Å². The molecule has 0 aliphatic rings. The first-order chi connectivity index (χ1) is 12.0. The van der Waals surface area contributed by atoms with Crippen LogP contribution in [0.25, 0.3) is 11.0 Å². The Morgan fingerprint density at radius 2 is 1.52 bits per heavy atom. The lowest BCUT2D eigenvalue weighted by molar-refractivity contribution is 0.373. The number of hydrogen-bond acceptors (Lipinski definition) is 7. The maximum Gasteiger partial charge on any atom is 0.270 e. The molecule has 0 spiro atoms. The molecule has 0 atom stereocenters. The van der Waals surface area contributed by atoms with Crippen LogP contribution >= 0.6 is 0 Å². The fourth-order valence-electron chi connectivity index (χ4n) is 2.46. The monoisotopic (exact) mass is 366 g/mol. The van der Waals surface area contributed by atoms with E-state index in [4.69, 9.17) is 18.7 Å². The van der Waals surface area contributed by atoms with E-state index in [1.54, 1.807) is 24.3 Å². The van der Waals surface area contributed by atoms with Crippen molar-refractivity contribution in [3.63, 3.8) is 0 Å². The molecule has 1 aromatic heterocycles. The Bertz CT molecular complexity index is 997. The van der Waals surface area contributed by atoms with Gasteiger partial charge in [0.05, 0.1) is 21.3 Å². The van der Waals surface area contributed by atoms with Crippen LogP contribution in [0.1, 0.15) is 1.43 Å². The van der Waals surface area contributed by atoms with Crippen LogP contribution in [0.5, 0.6) is 17.2 Å². The number of hydrogen-bond donors (Lipinski definition) is 1. The van der Waals surface area contributed by atoms with Crippen molar-refractivity contribution in [1.29, 1.82) is 0 Å². The molecule has 0 saturated carbocycles. The number of fused-ring (bicyclic) bond motifs is 1. The molecule has 9 heteroatoms. The van der Waals surface area contributed by atoms with Gasteiger partial charge in [-0.1, -0.05) is 17.3 Å². The van der Waals surface area contributed by atoms with E-state index in [-0.39, 0.29) is 23.6 Å². The van der Waals surface area contributed by atoms with Crippen molar-refractivity contribution in [2.45, 2.75) is 4.90 Å². The summed E-state index contributed by atoms with van der Waals surface area (Å²) in [6, 6.07) is 9.74. The van der Waals surface area contributed by atoms with Gasteiger partial charge in [-0.05, 0) is 24.3 Å². The molecule has 0 amide bonds. The quantitative estimate of drug-likeness (QED) is 0.716. The van der Waals surface area contributed by atoms with E-state index in [1.807, 2.05) is 0 Å². The largest absolute Gasteiger partial charge is 0.496 e. The van der Waals surface area contributed by atoms with Gasteiger partial charge >= 0.3 is 0 Å². The first-order valence-corrected chi connectivity index (χ1v) is 8.66. The van der Waals surface area contributed by atoms with Crippen LogP contribution in [0.3, 0.4) is 0 Å². The molecule has 0 radical (unpaired) electrons. The lowest BCUT2D eigenvalue weighted by atomic mass is 10.2. The van der Waals surface area contributed by atoms with Crippen LogP contribution in [0.4, 0.5) is 5.82 Å². The zero-order chi connectivity index (χ0) is 18.0. The van der Waals surface area contributed by atoms with Crippen molar-refractivity contribution in [3.05, 3.63) is 36.4 Å². The predicted molar refractivity (Wildman–Crippen MR) is 93.0 cm³/mol. The van der Waals surface area contributed by atoms with Crippen LogP contribution in [0.2, 0.25) is 0 Å². The Morgan fingerprint density at radius 1 is 0.960 bits per heavy atom. The van der Waals surface area contributed by atoms with Crippen LogP contribution < -0.4 is 18.9 Å². The number of ether oxygens (including phenoxy) is 3. The molecule has 1 N–H and O–H groups in total. The molecule has 0 aliphatic carbocycles. The summed E-state index contributed by atoms with van der Waals surface area (Å²) < 4.78 is 49.0. The van der Waals surface area contributed by atoms with Crippen LogP contribution in [0, 0.1) is 0 Å². The highest BCUT2D eigenvalue weighted by Gasteiger charge is 2.27. The lowest BCUT2D eigenvalue weighted by Crippen LogP contribution is -2.15. The number of anilines is 1. The maximum atomic E-state index is 12.9. The first-order valence-electron chi connectivity index (χ1n) is 7.18. The standard InChI is InChI=1S/C16H16N2O6S.H2/c1-21-10-6-4-7-11-14(10)16(17-24-11)18-25(19,20)15-12(22-2)8-5-9-13(15)23-3;/h4-9H,1-3H3,(H,17,18);1H. The van der Waals surface area contributed by atoms with Crippen molar-refractivity contribution in [2.75, 3.05) is 26.1 Å². The third kappa shape index (κ3) is 2.93. The maximum absolute atomic E-state index is 12.9. The molecule has 25 heavy (non-hydrogen) atoms. The van der Waals surface area contributed by atoms with E-state index in [9.17, 15) is 8.42 Å². The van der Waals surface area contributed by atoms with Gasteiger partial charge in [0.15, 0.2) is 16.3 Å². The van der Waals surface area contributed by atoms with Gasteiger partial charge in [-0.3, -0.25) is 4.72 Å². The Balaban J connectivity index is 0.00000243. The number of methoxy groups -OCH3 is 3. The van der Waals surface area contributed by atoms with E-state index in [0.29, 0.717) is 16.7 Å². The average molecular weight is 366 g/mol. The second kappa shape index (κ2) is 6.52. The first kappa shape index (κ1) is 16.9. The molecule has 3 aromatic rings. The minimum Gasteiger partial charge on any atom is -0.496 e. The molecule has 3 rings (SSSR count). The number of sulfonamides is 1. The lowest BCUT2D eigenvalue weighted by Gasteiger charge is -2.13. The van der Waals surface area contributed by atoms with E-state index in [0.717, 1.165) is 0 Å². The number of rotatable bonds is 6. The molecule has 0 saturated heterocycles. The summed E-state index contributed by atoms with van der Waals surface area (Å²) in [6.45, 7) is 0. The molecule has 0 bridgehead atoms. The molecule has 134 valence electrons. The average Bonchev–Trinajstić information content (AvgIpc) is 3.03. The minimum atomic E-state index is -4.06. The van der Waals surface area contributed by atoms with Gasteiger partial charge in [-0.2, -0.15) is 0 Å². The van der Waals surface area contributed by atoms with Crippen molar-refractivity contribution in [1.82, 2.24) is 5.16 Å². The summed E-state index contributed by atoms with van der Waals surface area (Å²) in [5.74, 6) is 0.738. The zero-order valence-corrected chi connectivity index (χ0v) is 14.6. The number of benzene rings is 2. The second-order valence-corrected chi connectivity index (χ2v) is 6.58. The minimum absolute atomic E-state index is 0. The highest BCUT2D eigenvalue weighted by atomic mass is 32.2. The molecular formula is C16H18N2O6S. The summed E-state index contributed by atoms with van der Waals surface area (Å²) in [5, 5.41) is 4.22. The molecule has 0 aliphatic heterocycles. The topological polar surface area (TPSA) is 99.9 Å². The molecule has 8 nitrogen and oxygen atoms in total. The number of aromatic nitrogens is 1. The summed E-state index contributed by atoms with van der Waals surface area (Å²) in [5.41, 5.74) is 0.393. The zero-order valence-electron chi connectivity index (χ0n) is 13.8. The van der Waals surface area contributed by atoms with E-state index in [2.05, 4.69) is 9.88 Å². The SMILES string of the molecule is COc1cccc(OC)c1S(=O)(=O)Nc1noc2cccc(OC)c12.[HH]. The summed E-state index contributed by atoms with van der Waals surface area (Å²) in [4.78, 5) is -0.133. The number of nitrogens with zero attached hydrogens (tertiary/aromatic N) is 1. The van der Waals surface area contributed by atoms with Gasteiger partial charge in [0, 0.05) is 1.43 Å². The molecule has 2 aromatic carbocycles. The van der Waals surface area contributed by atoms with Gasteiger partial charge in [0.1, 0.15) is 22.6 Å². The summed E-state index contributed by atoms with van der Waals surface area (Å²) in [6.07, 6.45) is 0. The number of nitrogens with one attached hydrogen (secondary N) is 1. The normalized spacial score (nSPS) is 11.3. The molecular weight excluding hydrogens is 348 g/mol. The van der Waals surface area contributed by atoms with Gasteiger partial charge in [0.25, 0.3) is 10.0 Å². The molecule has 0 unspecified atom stereocenters. The van der Waals surface area contributed by atoms with Gasteiger partial charge in [-0.15, -0.1) is 0 Å². The van der Waals surface area contributed by atoms with Gasteiger partial charge in [0.2, 0.25) is 0 Å². The third-order valence-electron chi connectivity index (χ3n) is 3.56. The second-order valence-electron chi connectivity index (χ2n) is 4.96. The highest BCUT2D eigenvalue weighted by Crippen LogP contribution is 2.37. The van der Waals surface area contributed by atoms with Crippen molar-refractivity contribution < 1.29 is 28.6 Å². The Kier molecular flexibility index (Phi) is 4.41. The third-order valence-corrected chi connectivity index (χ3v) is 4.96. The van der Waals surface area contributed by atoms with Crippen LogP contribution in [0.15, 0.2) is 45.8 Å². The van der Waals surface area contributed by atoms with Crippen molar-refractivity contribution >= 4 is 26.8 Å². The summed E-state index contributed by atoms with van der Waals surface area (Å²) >= 11 is 0. The highest BCUT2D eigenvalue weighted by molar-refractivity contribution is 7.93. The van der Waals surface area contributed by atoms with Gasteiger partial charge < -0.3 is 18.7 Å². The Labute approximate surface area is 145 Å². The smallest absolute Gasteiger partial charge is 0.270 e. The fraction of sp³-hybridized carbons (Fsp3) is 0.188. The van der Waals surface area contributed by atoms with Crippen LogP contribution in [-0.2, 0) is 10.0 Å². The predicted octanol–water partition coefficient (Wildman–Crippen LogP) is 2.90.